The number of benzene rings is 4. The fourth-order valence-electron chi connectivity index (χ4n) is 3.12. The van der Waals surface area contributed by atoms with Crippen LogP contribution in [0.15, 0.2) is 101 Å². The number of phenols is 2. The molecule has 4 aromatic rings. The Kier molecular flexibility index (Phi) is 14.4. The molecule has 222 valence electrons. The third-order valence-corrected chi connectivity index (χ3v) is 7.20. The van der Waals surface area contributed by atoms with Crippen LogP contribution in [0.2, 0.25) is 0 Å². The van der Waals surface area contributed by atoms with Gasteiger partial charge in [0.2, 0.25) is 0 Å². The third kappa shape index (κ3) is 10.5. The van der Waals surface area contributed by atoms with Gasteiger partial charge in [0.1, 0.15) is 11.5 Å². The summed E-state index contributed by atoms with van der Waals surface area (Å²) in [7, 11) is 0. The van der Waals surface area contributed by atoms with Gasteiger partial charge in [-0.25, -0.2) is 10.9 Å². The number of aromatic hydroxyl groups is 2. The first-order chi connectivity index (χ1) is 20.0. The standard InChI is InChI=1S/2C14H10Br2N2O3.Fe/c2*15-9-5-8(13(20)11(16)6-9)7-17-18-14(21)10-3-1-2-4-12(10)19;/h2*1-7,19-20H,(H,18,21);/q;;+2/p-2/b2*17-7+;. The average Bonchev–Trinajstić information content (AvgIpc) is 2.94. The molecule has 0 saturated carbocycles. The van der Waals surface area contributed by atoms with E-state index in [2.05, 4.69) is 84.8 Å². The van der Waals surface area contributed by atoms with E-state index in [-0.39, 0.29) is 51.2 Å². The largest absolute Gasteiger partial charge is 2.00 e. The number of hydrogen-bond donors (Lipinski definition) is 4. The number of hydrazone groups is 2. The maximum atomic E-state index is 11.8. The molecule has 0 unspecified atom stereocenters. The second-order valence-electron chi connectivity index (χ2n) is 8.04. The van der Waals surface area contributed by atoms with Crippen molar-refractivity contribution in [3.8, 4) is 23.0 Å². The Labute approximate surface area is 289 Å². The first kappa shape index (κ1) is 36.0. The number of para-hydroxylation sites is 2. The molecule has 4 N–H and O–H groups in total. The molecule has 43 heavy (non-hydrogen) atoms. The molecule has 0 aromatic heterocycles. The predicted octanol–water partition coefficient (Wildman–Crippen LogP) is 5.51. The number of phenolic OH excluding ortho intramolecular Hbond substituents is 2. The first-order valence-electron chi connectivity index (χ1n) is 11.5. The van der Waals surface area contributed by atoms with E-state index >= 15 is 0 Å². The molecule has 4 rings (SSSR count). The quantitative estimate of drug-likeness (QED) is 0.113. The zero-order chi connectivity index (χ0) is 30.8. The summed E-state index contributed by atoms with van der Waals surface area (Å²) in [4.78, 5) is 23.6. The number of nitrogens with zero attached hydrogens (tertiary/aromatic N) is 2. The van der Waals surface area contributed by atoms with Crippen LogP contribution >= 0.6 is 63.7 Å². The molecule has 0 spiro atoms. The molecule has 0 heterocycles. The summed E-state index contributed by atoms with van der Waals surface area (Å²) in [6.45, 7) is 0. The normalized spacial score (nSPS) is 10.5. The van der Waals surface area contributed by atoms with Crippen LogP contribution in [0.5, 0.6) is 23.0 Å². The van der Waals surface area contributed by atoms with Crippen LogP contribution in [0.4, 0.5) is 0 Å². The molecule has 0 fully saturated rings. The van der Waals surface area contributed by atoms with Gasteiger partial charge in [0.25, 0.3) is 11.8 Å². The molecule has 10 nitrogen and oxygen atoms in total. The van der Waals surface area contributed by atoms with Gasteiger partial charge in [0.15, 0.2) is 0 Å². The van der Waals surface area contributed by atoms with Crippen LogP contribution in [-0.4, -0.2) is 34.5 Å². The number of amides is 2. The van der Waals surface area contributed by atoms with E-state index in [1.54, 1.807) is 48.5 Å². The van der Waals surface area contributed by atoms with Crippen molar-refractivity contribution in [2.45, 2.75) is 0 Å². The van der Waals surface area contributed by atoms with Gasteiger partial charge < -0.3 is 20.4 Å². The van der Waals surface area contributed by atoms with Gasteiger partial charge in [-0.15, -0.1) is 0 Å². The second-order valence-corrected chi connectivity index (χ2v) is 11.6. The van der Waals surface area contributed by atoms with E-state index in [9.17, 15) is 30.0 Å². The second kappa shape index (κ2) is 17.2. The predicted molar refractivity (Wildman–Crippen MR) is 169 cm³/mol. The van der Waals surface area contributed by atoms with Gasteiger partial charge >= 0.3 is 17.1 Å². The van der Waals surface area contributed by atoms with Crippen LogP contribution in [0, 0.1) is 0 Å². The third-order valence-electron chi connectivity index (χ3n) is 5.11. The number of carbonyl (C=O) groups excluding carboxylic acids is 2. The van der Waals surface area contributed by atoms with Gasteiger partial charge in [0, 0.05) is 17.9 Å². The van der Waals surface area contributed by atoms with Crippen LogP contribution in [0.3, 0.4) is 0 Å². The van der Waals surface area contributed by atoms with E-state index in [1.165, 1.54) is 36.7 Å². The van der Waals surface area contributed by atoms with Crippen LogP contribution in [0.1, 0.15) is 31.8 Å². The minimum Gasteiger partial charge on any atom is -0.871 e. The SMILES string of the molecule is O=C(N/N=C/c1cc(Br)cc(Br)c1[O-])c1ccccc1O.O=C(N/N=C/c1cc(Br)cc(Br)c1[O-])c1ccccc1O.[Fe+2]. The maximum Gasteiger partial charge on any atom is 2.00 e. The smallest absolute Gasteiger partial charge is 0.871 e. The number of rotatable bonds is 6. The summed E-state index contributed by atoms with van der Waals surface area (Å²) >= 11 is 12.8. The molecule has 0 radical (unpaired) electrons. The first-order valence-corrected chi connectivity index (χ1v) is 14.7. The molecule has 0 saturated heterocycles. The molecule has 0 aliphatic carbocycles. The number of nitrogens with one attached hydrogen (secondary N) is 2. The Hall–Kier alpha value is -3.20. The van der Waals surface area contributed by atoms with Crippen molar-refractivity contribution in [1.82, 2.24) is 10.9 Å². The van der Waals surface area contributed by atoms with E-state index in [0.29, 0.717) is 29.0 Å². The van der Waals surface area contributed by atoms with E-state index in [0.717, 1.165) is 0 Å². The van der Waals surface area contributed by atoms with Crippen LogP contribution in [-0.2, 0) is 17.1 Å². The summed E-state index contributed by atoms with van der Waals surface area (Å²) in [5.41, 5.74) is 5.35. The minimum atomic E-state index is -0.564. The Morgan fingerprint density at radius 1 is 0.651 bits per heavy atom. The Balaban J connectivity index is 0.000000293. The number of halogens is 4. The molecule has 4 aromatic carbocycles. The van der Waals surface area contributed by atoms with E-state index in [4.69, 9.17) is 0 Å². The summed E-state index contributed by atoms with van der Waals surface area (Å²) in [6, 6.07) is 18.6. The van der Waals surface area contributed by atoms with Gasteiger partial charge in [0.05, 0.1) is 23.6 Å². The molecule has 0 bridgehead atoms. The maximum absolute atomic E-state index is 11.8. The van der Waals surface area contributed by atoms with E-state index < -0.39 is 11.8 Å². The van der Waals surface area contributed by atoms with Crippen molar-refractivity contribution in [3.05, 3.63) is 113 Å². The molecule has 2 amide bonds. The average molecular weight is 882 g/mol. The summed E-state index contributed by atoms with van der Waals surface area (Å²) in [5.74, 6) is -1.88. The van der Waals surface area contributed by atoms with Crippen molar-refractivity contribution in [1.29, 1.82) is 0 Å². The van der Waals surface area contributed by atoms with E-state index in [1.807, 2.05) is 0 Å². The molecule has 0 atom stereocenters. The topological polar surface area (TPSA) is 169 Å². The fourth-order valence-corrected chi connectivity index (χ4v) is 5.64. The van der Waals surface area contributed by atoms with Gasteiger partial charge in [-0.05, 0) is 59.7 Å². The summed E-state index contributed by atoms with van der Waals surface area (Å²) in [6.07, 6.45) is 2.49. The Morgan fingerprint density at radius 2 is 1.00 bits per heavy atom. The molecule has 15 heteroatoms. The van der Waals surface area contributed by atoms with Crippen molar-refractivity contribution >= 4 is 88.0 Å². The molecule has 0 aliphatic heterocycles. The van der Waals surface area contributed by atoms with Gasteiger partial charge in [-0.1, -0.05) is 99.5 Å². The fraction of sp³-hybridized carbons (Fsp3) is 0. The zero-order valence-corrected chi connectivity index (χ0v) is 28.8. The van der Waals surface area contributed by atoms with Crippen molar-refractivity contribution in [2.75, 3.05) is 0 Å². The van der Waals surface area contributed by atoms with Crippen molar-refractivity contribution in [3.63, 3.8) is 0 Å². The molecule has 0 aliphatic rings. The van der Waals surface area contributed by atoms with Gasteiger partial charge in [-0.3, -0.25) is 9.59 Å². The number of hydrogen-bond acceptors (Lipinski definition) is 8. The van der Waals surface area contributed by atoms with Crippen LogP contribution < -0.4 is 21.1 Å². The Bertz CT molecular complexity index is 1560. The van der Waals surface area contributed by atoms with Crippen molar-refractivity contribution < 1.29 is 47.1 Å². The summed E-state index contributed by atoms with van der Waals surface area (Å²) in [5, 5.41) is 50.1. The monoisotopic (exact) mass is 878 g/mol. The zero-order valence-electron chi connectivity index (χ0n) is 21.4. The molecular weight excluding hydrogens is 864 g/mol. The van der Waals surface area contributed by atoms with Crippen LogP contribution in [0.25, 0.3) is 0 Å². The number of carbonyl (C=O) groups is 2. The Morgan fingerprint density at radius 3 is 1.35 bits per heavy atom. The minimum absolute atomic E-state index is 0. The summed E-state index contributed by atoms with van der Waals surface area (Å²) < 4.78 is 2.21. The molecular formula is C28H18Br4FeN4O6. The van der Waals surface area contributed by atoms with Crippen molar-refractivity contribution in [2.24, 2.45) is 10.2 Å². The van der Waals surface area contributed by atoms with Gasteiger partial charge in [-0.2, -0.15) is 10.2 Å².